The summed E-state index contributed by atoms with van der Waals surface area (Å²) in [5.41, 5.74) is 5.50. The molecular weight excluding hydrogens is 1060 g/mol. The monoisotopic (exact) mass is 1150 g/mol. The highest BCUT2D eigenvalue weighted by Gasteiger charge is 2.26. The highest BCUT2D eigenvalue weighted by Crippen LogP contribution is 2.30. The molecule has 0 aliphatic heterocycles. The zero-order valence-electron chi connectivity index (χ0n) is 50.2. The number of fused-ring (bicyclic) bond motifs is 1. The second-order valence-corrected chi connectivity index (χ2v) is 21.8. The summed E-state index contributed by atoms with van der Waals surface area (Å²) < 4.78 is 12.0. The number of benzene rings is 5. The van der Waals surface area contributed by atoms with Crippen molar-refractivity contribution in [1.29, 1.82) is 0 Å². The maximum absolute atomic E-state index is 12.7. The quantitative estimate of drug-likeness (QED) is 0.0215. The number of carbonyl (C=O) groups excluding carboxylic acids is 4. The molecule has 5 aromatic carbocycles. The van der Waals surface area contributed by atoms with Gasteiger partial charge in [-0.3, -0.25) is 24.1 Å². The van der Waals surface area contributed by atoms with Crippen molar-refractivity contribution in [2.45, 2.75) is 195 Å². The summed E-state index contributed by atoms with van der Waals surface area (Å²) in [4.78, 5) is 76.4. The van der Waals surface area contributed by atoms with Gasteiger partial charge in [0.1, 0.15) is 23.7 Å². The molecular formula is C70H92N4O10. The predicted octanol–water partition coefficient (Wildman–Crippen LogP) is 15.6. The lowest BCUT2D eigenvalue weighted by atomic mass is 10.1. The van der Waals surface area contributed by atoms with Crippen LogP contribution in [0.2, 0.25) is 0 Å². The van der Waals surface area contributed by atoms with Crippen molar-refractivity contribution in [3.05, 3.63) is 167 Å². The van der Waals surface area contributed by atoms with Crippen LogP contribution in [0.15, 0.2) is 132 Å². The Morgan fingerprint density at radius 2 is 0.940 bits per heavy atom. The number of carbonyl (C=O) groups is 6. The molecule has 452 valence electrons. The summed E-state index contributed by atoms with van der Waals surface area (Å²) in [5.74, 6) is -4.02. The number of aliphatic carboxylic acids is 2. The van der Waals surface area contributed by atoms with Crippen molar-refractivity contribution >= 4 is 52.2 Å². The minimum absolute atomic E-state index is 0.0355. The Hall–Kier alpha value is -7.74. The van der Waals surface area contributed by atoms with Crippen LogP contribution in [0.25, 0.3) is 11.0 Å². The third kappa shape index (κ3) is 24.2. The number of hydrogen-bond donors (Lipinski definition) is 4. The van der Waals surface area contributed by atoms with E-state index in [-0.39, 0.29) is 31.4 Å². The first kappa shape index (κ1) is 67.1. The predicted molar refractivity (Wildman–Crippen MR) is 334 cm³/mol. The Balaban J connectivity index is 0.000000307. The lowest BCUT2D eigenvalue weighted by molar-refractivity contribution is -0.156. The van der Waals surface area contributed by atoms with Crippen LogP contribution in [0.1, 0.15) is 211 Å². The molecule has 0 bridgehead atoms. The van der Waals surface area contributed by atoms with E-state index in [1.165, 1.54) is 113 Å². The molecule has 0 saturated carbocycles. The number of anilines is 1. The van der Waals surface area contributed by atoms with Gasteiger partial charge in [0.25, 0.3) is 11.8 Å². The van der Waals surface area contributed by atoms with E-state index >= 15 is 0 Å². The number of carboxylic acids is 2. The molecule has 14 nitrogen and oxygen atoms in total. The summed E-state index contributed by atoms with van der Waals surface area (Å²) in [6, 6.07) is 38.0. The van der Waals surface area contributed by atoms with Crippen molar-refractivity contribution in [2.75, 3.05) is 18.0 Å². The first-order valence-electron chi connectivity index (χ1n) is 31.0. The fraction of sp³-hybridized carbons (Fsp3) is 0.457. The number of ether oxygens (including phenoxy) is 1. The second kappa shape index (κ2) is 38.9. The van der Waals surface area contributed by atoms with Crippen LogP contribution in [0.4, 0.5) is 5.69 Å². The van der Waals surface area contributed by atoms with E-state index in [1.807, 2.05) is 54.6 Å². The topological polar surface area (TPSA) is 196 Å². The van der Waals surface area contributed by atoms with E-state index in [0.717, 1.165) is 78.4 Å². The van der Waals surface area contributed by atoms with Crippen molar-refractivity contribution in [3.8, 4) is 5.75 Å². The van der Waals surface area contributed by atoms with Crippen molar-refractivity contribution in [1.82, 2.24) is 15.5 Å². The number of hydrogen-bond acceptors (Lipinski definition) is 8. The summed E-state index contributed by atoms with van der Waals surface area (Å²) in [5, 5.41) is 25.9. The Morgan fingerprint density at radius 1 is 0.464 bits per heavy atom. The molecule has 6 aromatic rings. The summed E-state index contributed by atoms with van der Waals surface area (Å²) in [6.45, 7) is 8.49. The number of furan rings is 1. The Labute approximate surface area is 498 Å². The number of rotatable bonds is 37. The zero-order valence-corrected chi connectivity index (χ0v) is 50.2. The third-order valence-corrected chi connectivity index (χ3v) is 14.9. The van der Waals surface area contributed by atoms with Crippen LogP contribution in [0.3, 0.4) is 0 Å². The molecule has 0 fully saturated rings. The average Bonchev–Trinajstić information content (AvgIpc) is 3.32. The van der Waals surface area contributed by atoms with E-state index in [4.69, 9.17) is 9.15 Å². The van der Waals surface area contributed by atoms with Gasteiger partial charge in [-0.25, -0.2) is 9.59 Å². The highest BCUT2D eigenvalue weighted by molar-refractivity contribution is 6.37. The van der Waals surface area contributed by atoms with Crippen LogP contribution in [-0.2, 0) is 51.8 Å². The van der Waals surface area contributed by atoms with Crippen LogP contribution in [0, 0.1) is 0 Å². The van der Waals surface area contributed by atoms with Gasteiger partial charge in [0.05, 0.1) is 13.1 Å². The number of para-hydroxylation sites is 1. The van der Waals surface area contributed by atoms with Gasteiger partial charge in [0, 0.05) is 59.9 Å². The number of nitrogens with zero attached hydrogens (tertiary/aromatic N) is 2. The second-order valence-electron chi connectivity index (χ2n) is 21.8. The molecule has 4 N–H and O–H groups in total. The van der Waals surface area contributed by atoms with Crippen LogP contribution in [0.5, 0.6) is 5.75 Å². The van der Waals surface area contributed by atoms with Gasteiger partial charge >= 0.3 is 23.8 Å². The zero-order chi connectivity index (χ0) is 60.2. The molecule has 6 rings (SSSR count). The van der Waals surface area contributed by atoms with Crippen LogP contribution in [-0.4, -0.2) is 63.8 Å². The maximum atomic E-state index is 12.7. The SMILES string of the molecule is CCCCCCCCCCCCNC(=O)c1ccc(CN(C(=O)C(=O)O)c2cccc(OCc3ccccc3)c2)cc1.CCCCCCCCCCCCNC(=O)c1ccc(CN(Cc2c(CCCC)oc3ccccc23)C(=O)C(=O)O)cc1. The smallest absolute Gasteiger partial charge is 0.394 e. The molecule has 0 atom stereocenters. The van der Waals surface area contributed by atoms with Crippen LogP contribution >= 0.6 is 0 Å². The molecule has 0 saturated heterocycles. The molecule has 0 unspecified atom stereocenters. The van der Waals surface area contributed by atoms with Crippen LogP contribution < -0.4 is 20.3 Å². The number of amides is 4. The van der Waals surface area contributed by atoms with E-state index < -0.39 is 23.8 Å². The minimum Gasteiger partial charge on any atom is -0.489 e. The molecule has 84 heavy (non-hydrogen) atoms. The number of nitrogens with one attached hydrogen (secondary N) is 2. The van der Waals surface area contributed by atoms with Gasteiger partial charge in [0.2, 0.25) is 0 Å². The normalized spacial score (nSPS) is 10.9. The Kier molecular flexibility index (Phi) is 31.1. The van der Waals surface area contributed by atoms with Crippen molar-refractivity contribution in [3.63, 3.8) is 0 Å². The fourth-order valence-corrected chi connectivity index (χ4v) is 10.0. The molecule has 14 heteroatoms. The van der Waals surface area contributed by atoms with E-state index in [0.29, 0.717) is 47.8 Å². The lowest BCUT2D eigenvalue weighted by Crippen LogP contribution is -2.36. The summed E-state index contributed by atoms with van der Waals surface area (Å²) in [6.07, 6.45) is 27.6. The number of carboxylic acid groups (broad SMARTS) is 2. The largest absolute Gasteiger partial charge is 0.489 e. The Bertz CT molecular complexity index is 2900. The highest BCUT2D eigenvalue weighted by atomic mass is 16.5. The average molecular weight is 1150 g/mol. The van der Waals surface area contributed by atoms with Gasteiger partial charge in [-0.2, -0.15) is 0 Å². The third-order valence-electron chi connectivity index (χ3n) is 14.9. The van der Waals surface area contributed by atoms with Gasteiger partial charge in [-0.05, 0) is 78.4 Å². The van der Waals surface area contributed by atoms with Gasteiger partial charge in [-0.1, -0.05) is 222 Å². The minimum atomic E-state index is -1.55. The van der Waals surface area contributed by atoms with E-state index in [2.05, 4.69) is 31.4 Å². The molecule has 0 aliphatic rings. The Morgan fingerprint density at radius 3 is 1.45 bits per heavy atom. The molecule has 0 radical (unpaired) electrons. The van der Waals surface area contributed by atoms with Gasteiger partial charge in [-0.15, -0.1) is 0 Å². The summed E-state index contributed by atoms with van der Waals surface area (Å²) >= 11 is 0. The van der Waals surface area contributed by atoms with E-state index in [9.17, 15) is 39.0 Å². The molecule has 4 amide bonds. The standard InChI is InChI=1S/C35H48N2O5.C35H44N2O5/c1-3-5-7-8-9-10-11-12-13-16-24-36-33(38)28-22-20-27(21-23-28)25-37(34(39)35(40)41)26-30-29-17-14-15-19-31(29)42-32(30)18-6-4-2;1-2-3-4-5-6-7-8-9-10-14-24-36-33(38)30-22-20-28(21-23-30)26-37(34(39)35(40)41)31-18-15-19-32(25-31)42-27-29-16-12-11-13-17-29/h14-15,17,19-23H,3-13,16,18,24-26H2,1-2H3,(H,36,38)(H,40,41);11-13,15-23,25H,2-10,14,24,26-27H2,1H3,(H,36,38)(H,40,41). The first-order chi connectivity index (χ1) is 40.9. The van der Waals surface area contributed by atoms with Crippen molar-refractivity contribution < 1.29 is 48.1 Å². The van der Waals surface area contributed by atoms with Gasteiger partial charge in [0.15, 0.2) is 0 Å². The lowest BCUT2D eigenvalue weighted by Gasteiger charge is -2.22. The first-order valence-corrected chi connectivity index (χ1v) is 31.0. The van der Waals surface area contributed by atoms with Crippen molar-refractivity contribution in [2.24, 2.45) is 0 Å². The molecule has 1 aromatic heterocycles. The maximum Gasteiger partial charge on any atom is 0.394 e. The van der Waals surface area contributed by atoms with Gasteiger partial charge < -0.3 is 34.9 Å². The molecule has 0 aliphatic carbocycles. The molecule has 1 heterocycles. The summed E-state index contributed by atoms with van der Waals surface area (Å²) in [7, 11) is 0. The fourth-order valence-electron chi connectivity index (χ4n) is 10.0. The molecule has 0 spiro atoms. The van der Waals surface area contributed by atoms with E-state index in [1.54, 1.807) is 72.8 Å². The number of aryl methyl sites for hydroxylation is 1. The number of unbranched alkanes of at least 4 members (excludes halogenated alkanes) is 19.